The fourth-order valence-corrected chi connectivity index (χ4v) is 1.93. The van der Waals surface area contributed by atoms with Crippen LogP contribution in [0, 0.1) is 5.92 Å². The zero-order valence-electron chi connectivity index (χ0n) is 8.94. The van der Waals surface area contributed by atoms with Crippen molar-refractivity contribution in [1.82, 2.24) is 15.0 Å². The van der Waals surface area contributed by atoms with Gasteiger partial charge in [-0.15, -0.1) is 5.10 Å². The molecule has 2 unspecified atom stereocenters. The SMILES string of the molecule is CC(C)c1c(CO)nnn1C1CC1C. The van der Waals surface area contributed by atoms with Gasteiger partial charge in [0.15, 0.2) is 0 Å². The van der Waals surface area contributed by atoms with E-state index >= 15 is 0 Å². The first-order valence-corrected chi connectivity index (χ1v) is 5.20. The molecule has 0 amide bonds. The van der Waals surface area contributed by atoms with Gasteiger partial charge in [0.25, 0.3) is 0 Å². The van der Waals surface area contributed by atoms with Gasteiger partial charge in [0.1, 0.15) is 5.69 Å². The Labute approximate surface area is 83.9 Å². The average Bonchev–Trinajstić information content (AvgIpc) is 2.72. The van der Waals surface area contributed by atoms with E-state index in [-0.39, 0.29) is 6.61 Å². The van der Waals surface area contributed by atoms with E-state index in [0.717, 1.165) is 11.4 Å². The van der Waals surface area contributed by atoms with Crippen molar-refractivity contribution in [3.8, 4) is 0 Å². The highest BCUT2D eigenvalue weighted by Gasteiger charge is 2.37. The molecule has 1 saturated carbocycles. The van der Waals surface area contributed by atoms with E-state index in [1.54, 1.807) is 0 Å². The minimum absolute atomic E-state index is 0.00534. The number of hydrogen-bond acceptors (Lipinski definition) is 3. The lowest BCUT2D eigenvalue weighted by atomic mass is 10.1. The molecule has 0 aromatic carbocycles. The molecule has 4 nitrogen and oxygen atoms in total. The van der Waals surface area contributed by atoms with Gasteiger partial charge in [-0.25, -0.2) is 4.68 Å². The van der Waals surface area contributed by atoms with Gasteiger partial charge in [-0.1, -0.05) is 26.0 Å². The average molecular weight is 195 g/mol. The maximum absolute atomic E-state index is 9.13. The van der Waals surface area contributed by atoms with E-state index in [0.29, 0.717) is 17.9 Å². The molecule has 1 heterocycles. The summed E-state index contributed by atoms with van der Waals surface area (Å²) in [6.07, 6.45) is 1.19. The monoisotopic (exact) mass is 195 g/mol. The second-order valence-corrected chi connectivity index (χ2v) is 4.46. The van der Waals surface area contributed by atoms with Crippen molar-refractivity contribution in [1.29, 1.82) is 0 Å². The molecule has 0 spiro atoms. The fourth-order valence-electron chi connectivity index (χ4n) is 1.93. The van der Waals surface area contributed by atoms with Crippen LogP contribution >= 0.6 is 0 Å². The number of aromatic nitrogens is 3. The van der Waals surface area contributed by atoms with Crippen molar-refractivity contribution >= 4 is 0 Å². The van der Waals surface area contributed by atoms with Crippen molar-refractivity contribution in [2.45, 2.75) is 45.8 Å². The van der Waals surface area contributed by atoms with E-state index in [9.17, 15) is 0 Å². The molecule has 1 N–H and O–H groups in total. The van der Waals surface area contributed by atoms with Crippen LogP contribution < -0.4 is 0 Å². The Morgan fingerprint density at radius 3 is 2.64 bits per heavy atom. The van der Waals surface area contributed by atoms with Gasteiger partial charge in [0.2, 0.25) is 0 Å². The predicted octanol–water partition coefficient (Wildman–Crippen LogP) is 1.47. The minimum atomic E-state index is -0.00534. The zero-order valence-corrected chi connectivity index (χ0v) is 8.94. The lowest BCUT2D eigenvalue weighted by Gasteiger charge is -2.09. The first-order chi connectivity index (χ1) is 6.65. The highest BCUT2D eigenvalue weighted by molar-refractivity contribution is 5.15. The summed E-state index contributed by atoms with van der Waals surface area (Å²) in [6, 6.07) is 0.514. The summed E-state index contributed by atoms with van der Waals surface area (Å²) in [5.74, 6) is 1.08. The molecule has 0 aliphatic heterocycles. The number of aliphatic hydroxyl groups is 1. The van der Waals surface area contributed by atoms with Crippen molar-refractivity contribution in [3.63, 3.8) is 0 Å². The van der Waals surface area contributed by atoms with Crippen molar-refractivity contribution in [2.24, 2.45) is 5.92 Å². The molecule has 0 bridgehead atoms. The Morgan fingerprint density at radius 1 is 1.57 bits per heavy atom. The van der Waals surface area contributed by atoms with Crippen molar-refractivity contribution in [3.05, 3.63) is 11.4 Å². The van der Waals surface area contributed by atoms with Crippen molar-refractivity contribution < 1.29 is 5.11 Å². The Morgan fingerprint density at radius 2 is 2.21 bits per heavy atom. The molecule has 2 rings (SSSR count). The molecule has 1 aromatic rings. The molecule has 2 atom stereocenters. The van der Waals surface area contributed by atoms with Crippen LogP contribution in [0.1, 0.15) is 50.5 Å². The van der Waals surface area contributed by atoms with Gasteiger partial charge in [-0.05, 0) is 18.3 Å². The normalized spacial score (nSPS) is 25.8. The third kappa shape index (κ3) is 1.43. The molecule has 1 aliphatic carbocycles. The third-order valence-corrected chi connectivity index (χ3v) is 2.88. The number of rotatable bonds is 3. The Kier molecular flexibility index (Phi) is 2.31. The molecule has 0 saturated heterocycles. The summed E-state index contributed by atoms with van der Waals surface area (Å²) in [7, 11) is 0. The van der Waals surface area contributed by atoms with Gasteiger partial charge in [-0.2, -0.15) is 0 Å². The summed E-state index contributed by atoms with van der Waals surface area (Å²) >= 11 is 0. The molecule has 14 heavy (non-hydrogen) atoms. The number of aliphatic hydroxyl groups excluding tert-OH is 1. The topological polar surface area (TPSA) is 50.9 Å². The predicted molar refractivity (Wildman–Crippen MR) is 52.9 cm³/mol. The Hall–Kier alpha value is -0.900. The lowest BCUT2D eigenvalue weighted by molar-refractivity contribution is 0.275. The van der Waals surface area contributed by atoms with Crippen LogP contribution in [0.15, 0.2) is 0 Å². The third-order valence-electron chi connectivity index (χ3n) is 2.88. The van der Waals surface area contributed by atoms with Gasteiger partial charge < -0.3 is 5.11 Å². The van der Waals surface area contributed by atoms with E-state index in [1.165, 1.54) is 6.42 Å². The molecular weight excluding hydrogens is 178 g/mol. The highest BCUT2D eigenvalue weighted by Crippen LogP contribution is 2.43. The van der Waals surface area contributed by atoms with Crippen LogP contribution in [0.5, 0.6) is 0 Å². The van der Waals surface area contributed by atoms with Crippen molar-refractivity contribution in [2.75, 3.05) is 0 Å². The van der Waals surface area contributed by atoms with E-state index in [4.69, 9.17) is 5.11 Å². The quantitative estimate of drug-likeness (QED) is 0.794. The Bertz CT molecular complexity index is 332. The zero-order chi connectivity index (χ0) is 10.3. The second kappa shape index (κ2) is 3.35. The van der Waals surface area contributed by atoms with E-state index in [2.05, 4.69) is 31.1 Å². The van der Waals surface area contributed by atoms with Gasteiger partial charge in [0.05, 0.1) is 18.3 Å². The van der Waals surface area contributed by atoms with Crippen LogP contribution in [0.4, 0.5) is 0 Å². The molecule has 1 aromatic heterocycles. The maximum Gasteiger partial charge on any atom is 0.112 e. The summed E-state index contributed by atoms with van der Waals surface area (Å²) in [6.45, 7) is 6.44. The fraction of sp³-hybridized carbons (Fsp3) is 0.800. The van der Waals surface area contributed by atoms with Gasteiger partial charge in [-0.3, -0.25) is 0 Å². The number of nitrogens with zero attached hydrogens (tertiary/aromatic N) is 3. The first kappa shape index (κ1) is 9.65. The van der Waals surface area contributed by atoms with E-state index < -0.39 is 0 Å². The van der Waals surface area contributed by atoms with Crippen LogP contribution in [0.2, 0.25) is 0 Å². The maximum atomic E-state index is 9.13. The minimum Gasteiger partial charge on any atom is -0.390 e. The van der Waals surface area contributed by atoms with Crippen LogP contribution in [-0.4, -0.2) is 20.1 Å². The Balaban J connectivity index is 2.35. The van der Waals surface area contributed by atoms with Crippen LogP contribution in [-0.2, 0) is 6.61 Å². The summed E-state index contributed by atoms with van der Waals surface area (Å²) < 4.78 is 2.00. The van der Waals surface area contributed by atoms with E-state index in [1.807, 2.05) is 4.68 Å². The highest BCUT2D eigenvalue weighted by atomic mass is 16.3. The van der Waals surface area contributed by atoms with Gasteiger partial charge in [0, 0.05) is 0 Å². The smallest absolute Gasteiger partial charge is 0.112 e. The molecule has 1 aliphatic rings. The largest absolute Gasteiger partial charge is 0.390 e. The second-order valence-electron chi connectivity index (χ2n) is 4.46. The van der Waals surface area contributed by atoms with Crippen LogP contribution in [0.3, 0.4) is 0 Å². The molecular formula is C10H17N3O. The summed E-state index contributed by atoms with van der Waals surface area (Å²) in [5, 5.41) is 17.3. The molecule has 0 radical (unpaired) electrons. The summed E-state index contributed by atoms with van der Waals surface area (Å²) in [4.78, 5) is 0. The van der Waals surface area contributed by atoms with Crippen LogP contribution in [0.25, 0.3) is 0 Å². The van der Waals surface area contributed by atoms with Gasteiger partial charge >= 0.3 is 0 Å². The lowest BCUT2D eigenvalue weighted by Crippen LogP contribution is -2.06. The standard InChI is InChI=1S/C10H17N3O/c1-6(2)10-8(5-14)11-12-13(10)9-4-7(9)3/h6-7,9,14H,4-5H2,1-3H3. The molecule has 78 valence electrons. The first-order valence-electron chi connectivity index (χ1n) is 5.20. The number of hydrogen-bond donors (Lipinski definition) is 1. The molecule has 4 heteroatoms. The molecule has 1 fully saturated rings. The summed E-state index contributed by atoms with van der Waals surface area (Å²) in [5.41, 5.74) is 1.83.